The van der Waals surface area contributed by atoms with Gasteiger partial charge in [-0.15, -0.1) is 0 Å². The smallest absolute Gasteiger partial charge is 0.236 e. The summed E-state index contributed by atoms with van der Waals surface area (Å²) in [5.41, 5.74) is 3.35. The van der Waals surface area contributed by atoms with E-state index in [2.05, 4.69) is 23.1 Å². The number of morpholine rings is 1. The van der Waals surface area contributed by atoms with Crippen LogP contribution in [0.4, 0.5) is 0 Å². The number of amides is 1. The number of likely N-dealkylation sites (tertiary alicyclic amines) is 1. The van der Waals surface area contributed by atoms with Gasteiger partial charge in [-0.05, 0) is 42.7 Å². The average Bonchev–Trinajstić information content (AvgIpc) is 2.76. The van der Waals surface area contributed by atoms with Crippen LogP contribution in [0.3, 0.4) is 0 Å². The van der Waals surface area contributed by atoms with E-state index < -0.39 is 0 Å². The Morgan fingerprint density at radius 1 is 1.10 bits per heavy atom. The summed E-state index contributed by atoms with van der Waals surface area (Å²) < 4.78 is 5.38. The molecular weight excluding hydrogens is 386 g/mol. The van der Waals surface area contributed by atoms with E-state index in [-0.39, 0.29) is 5.91 Å². The van der Waals surface area contributed by atoms with Crippen molar-refractivity contribution in [3.8, 4) is 0 Å². The number of nitrogens with zero attached hydrogens (tertiary/aromatic N) is 3. The Hall–Kier alpha value is -1.95. The summed E-state index contributed by atoms with van der Waals surface area (Å²) in [6, 6.07) is 14.2. The highest BCUT2D eigenvalue weighted by atomic mass is 35.5. The van der Waals surface area contributed by atoms with Crippen molar-refractivity contribution in [1.82, 2.24) is 14.8 Å². The monoisotopic (exact) mass is 413 g/mol. The largest absolute Gasteiger partial charge is 0.379 e. The number of carbonyl (C=O) groups is 1. The van der Waals surface area contributed by atoms with Crippen LogP contribution in [0.2, 0.25) is 5.02 Å². The van der Waals surface area contributed by atoms with Gasteiger partial charge in [0.2, 0.25) is 5.91 Å². The molecule has 1 aromatic heterocycles. The Morgan fingerprint density at radius 3 is 2.69 bits per heavy atom. The highest BCUT2D eigenvalue weighted by Crippen LogP contribution is 2.26. The molecule has 5 nitrogen and oxygen atoms in total. The minimum absolute atomic E-state index is 0.230. The highest BCUT2D eigenvalue weighted by Gasteiger charge is 2.27. The van der Waals surface area contributed by atoms with Crippen LogP contribution < -0.4 is 0 Å². The maximum Gasteiger partial charge on any atom is 0.236 e. The third-order valence-electron chi connectivity index (χ3n) is 5.78. The van der Waals surface area contributed by atoms with Gasteiger partial charge in [-0.2, -0.15) is 0 Å². The Balaban J connectivity index is 1.38. The molecule has 2 fully saturated rings. The normalized spacial score (nSPS) is 20.6. The molecule has 0 bridgehead atoms. The number of carbonyl (C=O) groups excluding carboxylic acids is 1. The van der Waals surface area contributed by atoms with Crippen molar-refractivity contribution in [3.05, 3.63) is 64.4 Å². The lowest BCUT2D eigenvalue weighted by molar-refractivity contribution is -0.134. The van der Waals surface area contributed by atoms with Gasteiger partial charge in [0.25, 0.3) is 0 Å². The second kappa shape index (κ2) is 9.70. The quantitative estimate of drug-likeness (QED) is 0.754. The molecule has 1 atom stereocenters. The zero-order chi connectivity index (χ0) is 20.1. The van der Waals surface area contributed by atoms with Crippen molar-refractivity contribution in [3.63, 3.8) is 0 Å². The molecule has 2 saturated heterocycles. The standard InChI is InChI=1S/C23H28ClN3O2/c24-20-8-6-18(7-9-20)15-21-4-1-5-22(25-21)19-3-2-10-27(16-19)23(28)17-26-11-13-29-14-12-26/h1,4-9,19H,2-3,10-17H2. The fourth-order valence-corrected chi connectivity index (χ4v) is 4.26. The lowest BCUT2D eigenvalue weighted by atomic mass is 9.93. The first kappa shape index (κ1) is 20.3. The predicted octanol–water partition coefficient (Wildman–Crippen LogP) is 3.36. The number of benzene rings is 1. The molecule has 0 spiro atoms. The van der Waals surface area contributed by atoms with Crippen molar-refractivity contribution in [2.75, 3.05) is 45.9 Å². The number of aromatic nitrogens is 1. The van der Waals surface area contributed by atoms with E-state index in [1.54, 1.807) is 0 Å². The van der Waals surface area contributed by atoms with Gasteiger partial charge in [-0.3, -0.25) is 14.7 Å². The van der Waals surface area contributed by atoms with Gasteiger partial charge in [0, 0.05) is 54.9 Å². The summed E-state index contributed by atoms with van der Waals surface area (Å²) in [5, 5.41) is 0.750. The molecule has 2 aromatic rings. The van der Waals surface area contributed by atoms with Gasteiger partial charge in [0.05, 0.1) is 19.8 Å². The van der Waals surface area contributed by atoms with Crippen LogP contribution in [0.1, 0.15) is 35.7 Å². The maximum absolute atomic E-state index is 12.8. The summed E-state index contributed by atoms with van der Waals surface area (Å²) in [5.74, 6) is 0.538. The van der Waals surface area contributed by atoms with Crippen LogP contribution in [-0.2, 0) is 16.0 Å². The lowest BCUT2D eigenvalue weighted by Crippen LogP contribution is -2.47. The second-order valence-corrected chi connectivity index (χ2v) is 8.36. The van der Waals surface area contributed by atoms with Gasteiger partial charge < -0.3 is 9.64 Å². The van der Waals surface area contributed by atoms with E-state index in [1.165, 1.54) is 5.56 Å². The minimum atomic E-state index is 0.230. The van der Waals surface area contributed by atoms with Crippen LogP contribution in [0.15, 0.2) is 42.5 Å². The van der Waals surface area contributed by atoms with E-state index in [0.29, 0.717) is 12.5 Å². The maximum atomic E-state index is 12.8. The van der Waals surface area contributed by atoms with Gasteiger partial charge in [0.1, 0.15) is 0 Å². The van der Waals surface area contributed by atoms with Gasteiger partial charge in [-0.25, -0.2) is 0 Å². The SMILES string of the molecule is O=C(CN1CCOCC1)N1CCCC(c2cccc(Cc3ccc(Cl)cc3)n2)C1. The number of hydrogen-bond donors (Lipinski definition) is 0. The fraction of sp³-hybridized carbons (Fsp3) is 0.478. The molecule has 1 amide bonds. The highest BCUT2D eigenvalue weighted by molar-refractivity contribution is 6.30. The molecule has 2 aliphatic rings. The third kappa shape index (κ3) is 5.56. The summed E-state index contributed by atoms with van der Waals surface area (Å²) in [6.07, 6.45) is 2.90. The molecule has 0 aliphatic carbocycles. The molecule has 0 radical (unpaired) electrons. The van der Waals surface area contributed by atoms with Crippen molar-refractivity contribution in [1.29, 1.82) is 0 Å². The van der Waals surface area contributed by atoms with Gasteiger partial charge in [-0.1, -0.05) is 29.8 Å². The molecule has 154 valence electrons. The molecule has 0 N–H and O–H groups in total. The summed E-state index contributed by atoms with van der Waals surface area (Å²) in [7, 11) is 0. The predicted molar refractivity (Wildman–Crippen MR) is 114 cm³/mol. The number of rotatable bonds is 5. The summed E-state index contributed by atoms with van der Waals surface area (Å²) >= 11 is 5.99. The number of hydrogen-bond acceptors (Lipinski definition) is 4. The third-order valence-corrected chi connectivity index (χ3v) is 6.03. The fourth-order valence-electron chi connectivity index (χ4n) is 4.13. The molecule has 6 heteroatoms. The first-order valence-electron chi connectivity index (χ1n) is 10.5. The van der Waals surface area contributed by atoms with Crippen molar-refractivity contribution < 1.29 is 9.53 Å². The van der Waals surface area contributed by atoms with Crippen LogP contribution in [-0.4, -0.2) is 66.6 Å². The average molecular weight is 414 g/mol. The van der Waals surface area contributed by atoms with E-state index >= 15 is 0 Å². The molecule has 1 aromatic carbocycles. The number of pyridine rings is 1. The lowest BCUT2D eigenvalue weighted by Gasteiger charge is -2.35. The van der Waals surface area contributed by atoms with Crippen LogP contribution in [0.25, 0.3) is 0 Å². The molecule has 29 heavy (non-hydrogen) atoms. The van der Waals surface area contributed by atoms with Crippen molar-refractivity contribution >= 4 is 17.5 Å². The van der Waals surface area contributed by atoms with E-state index in [9.17, 15) is 4.79 Å². The van der Waals surface area contributed by atoms with Gasteiger partial charge >= 0.3 is 0 Å². The van der Waals surface area contributed by atoms with Crippen LogP contribution in [0, 0.1) is 0 Å². The number of piperidine rings is 1. The topological polar surface area (TPSA) is 45.7 Å². The first-order valence-corrected chi connectivity index (χ1v) is 10.8. The molecule has 4 rings (SSSR count). The van der Waals surface area contributed by atoms with Gasteiger partial charge in [0.15, 0.2) is 0 Å². The Labute approximate surface area is 177 Å². The summed E-state index contributed by atoms with van der Waals surface area (Å²) in [6.45, 7) is 5.25. The van der Waals surface area contributed by atoms with E-state index in [0.717, 1.165) is 75.1 Å². The van der Waals surface area contributed by atoms with E-state index in [1.807, 2.05) is 29.2 Å². The summed E-state index contributed by atoms with van der Waals surface area (Å²) in [4.78, 5) is 21.9. The first-order chi connectivity index (χ1) is 14.2. The zero-order valence-electron chi connectivity index (χ0n) is 16.7. The molecule has 0 saturated carbocycles. The Morgan fingerprint density at radius 2 is 1.90 bits per heavy atom. The van der Waals surface area contributed by atoms with Crippen molar-refractivity contribution in [2.45, 2.75) is 25.2 Å². The Kier molecular flexibility index (Phi) is 6.80. The molecule has 2 aliphatic heterocycles. The molecule has 1 unspecified atom stereocenters. The van der Waals surface area contributed by atoms with Crippen molar-refractivity contribution in [2.24, 2.45) is 0 Å². The van der Waals surface area contributed by atoms with E-state index in [4.69, 9.17) is 21.3 Å². The van der Waals surface area contributed by atoms with Crippen LogP contribution in [0.5, 0.6) is 0 Å². The minimum Gasteiger partial charge on any atom is -0.379 e. The number of halogens is 1. The second-order valence-electron chi connectivity index (χ2n) is 7.92. The molecule has 3 heterocycles. The Bertz CT molecular complexity index is 821. The number of ether oxygens (including phenoxy) is 1. The van der Waals surface area contributed by atoms with Crippen LogP contribution >= 0.6 is 11.6 Å². The molecular formula is C23H28ClN3O2. The zero-order valence-corrected chi connectivity index (χ0v) is 17.5.